The van der Waals surface area contributed by atoms with E-state index in [0.717, 1.165) is 31.5 Å². The molecule has 30 heavy (non-hydrogen) atoms. The molecule has 1 unspecified atom stereocenters. The van der Waals surface area contributed by atoms with Crippen molar-refractivity contribution in [3.8, 4) is 5.75 Å². The zero-order valence-corrected chi connectivity index (χ0v) is 17.8. The van der Waals surface area contributed by atoms with Crippen molar-refractivity contribution in [2.75, 3.05) is 26.2 Å². The molecule has 162 valence electrons. The van der Waals surface area contributed by atoms with Crippen LogP contribution in [0.25, 0.3) is 0 Å². The smallest absolute Gasteiger partial charge is 0.255 e. The van der Waals surface area contributed by atoms with Gasteiger partial charge in [0, 0.05) is 12.6 Å². The highest BCUT2D eigenvalue weighted by Gasteiger charge is 2.24. The fourth-order valence-electron chi connectivity index (χ4n) is 3.68. The molecule has 1 atom stereocenters. The monoisotopic (exact) mass is 431 g/mol. The number of carbonyl (C=O) groups excluding carboxylic acids is 1. The Morgan fingerprint density at radius 1 is 1.00 bits per heavy atom. The number of nitrogens with one attached hydrogen (secondary N) is 1. The third kappa shape index (κ3) is 6.29. The number of nitrogens with two attached hydrogens (primary N) is 1. The SMILES string of the molecule is NC(=O)COc1ccc(S(=O)(=O)NCC(c2ccccc2)N2CCCCCC2)cc1. The Labute approximate surface area is 178 Å². The Morgan fingerprint density at radius 2 is 1.63 bits per heavy atom. The maximum atomic E-state index is 12.9. The number of likely N-dealkylation sites (tertiary alicyclic amines) is 1. The van der Waals surface area contributed by atoms with Crippen LogP contribution in [-0.4, -0.2) is 45.5 Å². The van der Waals surface area contributed by atoms with Gasteiger partial charge in [-0.05, 0) is 55.8 Å². The fourth-order valence-corrected chi connectivity index (χ4v) is 4.72. The molecular formula is C22H29N3O4S. The zero-order chi connectivity index (χ0) is 21.4. The van der Waals surface area contributed by atoms with E-state index in [1.54, 1.807) is 0 Å². The van der Waals surface area contributed by atoms with Crippen LogP contribution in [0, 0.1) is 0 Å². The largest absolute Gasteiger partial charge is 0.484 e. The van der Waals surface area contributed by atoms with E-state index < -0.39 is 15.9 Å². The molecule has 3 N–H and O–H groups in total. The lowest BCUT2D eigenvalue weighted by atomic mass is 10.1. The summed E-state index contributed by atoms with van der Waals surface area (Å²) in [4.78, 5) is 13.3. The molecule has 0 aliphatic carbocycles. The van der Waals surface area contributed by atoms with Gasteiger partial charge < -0.3 is 10.5 Å². The van der Waals surface area contributed by atoms with E-state index in [-0.39, 0.29) is 17.5 Å². The predicted octanol–water partition coefficient (Wildman–Crippen LogP) is 2.45. The van der Waals surface area contributed by atoms with E-state index in [0.29, 0.717) is 12.3 Å². The van der Waals surface area contributed by atoms with Gasteiger partial charge in [-0.2, -0.15) is 0 Å². The number of rotatable bonds is 9. The van der Waals surface area contributed by atoms with Crippen molar-refractivity contribution >= 4 is 15.9 Å². The molecular weight excluding hydrogens is 402 g/mol. The van der Waals surface area contributed by atoms with E-state index in [1.807, 2.05) is 18.2 Å². The number of hydrogen-bond acceptors (Lipinski definition) is 5. The maximum absolute atomic E-state index is 12.9. The first-order chi connectivity index (χ1) is 14.5. The van der Waals surface area contributed by atoms with Crippen LogP contribution >= 0.6 is 0 Å². The highest BCUT2D eigenvalue weighted by Crippen LogP contribution is 2.24. The van der Waals surface area contributed by atoms with Crippen molar-refractivity contribution in [3.05, 3.63) is 60.2 Å². The first-order valence-electron chi connectivity index (χ1n) is 10.3. The van der Waals surface area contributed by atoms with Crippen molar-refractivity contribution in [3.63, 3.8) is 0 Å². The van der Waals surface area contributed by atoms with E-state index >= 15 is 0 Å². The van der Waals surface area contributed by atoms with Gasteiger partial charge in [0.25, 0.3) is 5.91 Å². The molecule has 1 amide bonds. The lowest BCUT2D eigenvalue weighted by Gasteiger charge is -2.31. The van der Waals surface area contributed by atoms with Gasteiger partial charge in [-0.1, -0.05) is 43.2 Å². The molecule has 0 bridgehead atoms. The number of nitrogens with zero attached hydrogens (tertiary/aromatic N) is 1. The van der Waals surface area contributed by atoms with Gasteiger partial charge in [0.1, 0.15) is 5.75 Å². The second kappa shape index (κ2) is 10.6. The number of ether oxygens (including phenoxy) is 1. The summed E-state index contributed by atoms with van der Waals surface area (Å²) in [5.74, 6) is -0.201. The van der Waals surface area contributed by atoms with Crippen molar-refractivity contribution in [2.24, 2.45) is 5.73 Å². The Morgan fingerprint density at radius 3 is 2.23 bits per heavy atom. The topological polar surface area (TPSA) is 102 Å². The second-order valence-electron chi connectivity index (χ2n) is 7.45. The van der Waals surface area contributed by atoms with Gasteiger partial charge in [0.15, 0.2) is 6.61 Å². The molecule has 1 aliphatic rings. The molecule has 7 nitrogen and oxygen atoms in total. The Balaban J connectivity index is 1.71. The van der Waals surface area contributed by atoms with Gasteiger partial charge in [0.2, 0.25) is 10.0 Å². The minimum absolute atomic E-state index is 0.0164. The van der Waals surface area contributed by atoms with Crippen LogP contribution in [-0.2, 0) is 14.8 Å². The molecule has 2 aromatic rings. The van der Waals surface area contributed by atoms with E-state index in [2.05, 4.69) is 21.8 Å². The zero-order valence-electron chi connectivity index (χ0n) is 17.0. The summed E-state index contributed by atoms with van der Waals surface area (Å²) in [5, 5.41) is 0. The molecule has 1 heterocycles. The summed E-state index contributed by atoms with van der Waals surface area (Å²) in [7, 11) is -3.68. The van der Waals surface area contributed by atoms with E-state index in [9.17, 15) is 13.2 Å². The van der Waals surface area contributed by atoms with Gasteiger partial charge in [-0.15, -0.1) is 0 Å². The van der Waals surface area contributed by atoms with Crippen molar-refractivity contribution in [2.45, 2.75) is 36.6 Å². The van der Waals surface area contributed by atoms with Crippen molar-refractivity contribution in [1.82, 2.24) is 9.62 Å². The van der Waals surface area contributed by atoms with Crippen molar-refractivity contribution in [1.29, 1.82) is 0 Å². The predicted molar refractivity (Wildman–Crippen MR) is 116 cm³/mol. The molecule has 0 radical (unpaired) electrons. The summed E-state index contributed by atoms with van der Waals surface area (Å²) in [6.45, 7) is 1.98. The summed E-state index contributed by atoms with van der Waals surface area (Å²) < 4.78 is 33.7. The highest BCUT2D eigenvalue weighted by atomic mass is 32.2. The van der Waals surface area contributed by atoms with Crippen LogP contribution < -0.4 is 15.2 Å². The van der Waals surface area contributed by atoms with Crippen LogP contribution in [0.1, 0.15) is 37.3 Å². The minimum atomic E-state index is -3.68. The Hall–Kier alpha value is -2.42. The van der Waals surface area contributed by atoms with Crippen LogP contribution in [0.3, 0.4) is 0 Å². The average Bonchev–Trinajstić information content (AvgIpc) is 3.03. The number of benzene rings is 2. The molecule has 0 aromatic heterocycles. The normalized spacial score (nSPS) is 16.5. The summed E-state index contributed by atoms with van der Waals surface area (Å²) in [6.07, 6.45) is 4.69. The number of sulfonamides is 1. The van der Waals surface area contributed by atoms with Gasteiger partial charge >= 0.3 is 0 Å². The number of hydrogen-bond donors (Lipinski definition) is 2. The summed E-state index contributed by atoms with van der Waals surface area (Å²) in [6, 6.07) is 16.0. The molecule has 3 rings (SSSR count). The quantitative estimate of drug-likeness (QED) is 0.635. The lowest BCUT2D eigenvalue weighted by molar-refractivity contribution is -0.119. The molecule has 8 heteroatoms. The van der Waals surface area contributed by atoms with E-state index in [4.69, 9.17) is 10.5 Å². The van der Waals surface area contributed by atoms with Gasteiger partial charge in [0.05, 0.1) is 4.90 Å². The standard InChI is InChI=1S/C22H29N3O4S/c23-22(26)17-29-19-10-12-20(13-11-19)30(27,28)24-16-21(18-8-4-3-5-9-18)25-14-6-1-2-7-15-25/h3-5,8-13,21,24H,1-2,6-7,14-17H2,(H2,23,26). The highest BCUT2D eigenvalue weighted by molar-refractivity contribution is 7.89. The second-order valence-corrected chi connectivity index (χ2v) is 9.22. The van der Waals surface area contributed by atoms with Crippen LogP contribution in [0.4, 0.5) is 0 Å². The molecule has 0 saturated carbocycles. The average molecular weight is 432 g/mol. The first-order valence-corrected chi connectivity index (χ1v) is 11.7. The third-order valence-corrected chi connectivity index (χ3v) is 6.69. The molecule has 1 aliphatic heterocycles. The molecule has 0 spiro atoms. The first kappa shape index (κ1) is 22.3. The van der Waals surface area contributed by atoms with Gasteiger partial charge in [-0.25, -0.2) is 13.1 Å². The van der Waals surface area contributed by atoms with Crippen LogP contribution in [0.15, 0.2) is 59.5 Å². The van der Waals surface area contributed by atoms with Gasteiger partial charge in [-0.3, -0.25) is 9.69 Å². The number of primary amides is 1. The molecule has 1 fully saturated rings. The summed E-state index contributed by atoms with van der Waals surface area (Å²) in [5.41, 5.74) is 6.16. The molecule has 1 saturated heterocycles. The lowest BCUT2D eigenvalue weighted by Crippen LogP contribution is -2.38. The Kier molecular flexibility index (Phi) is 7.84. The van der Waals surface area contributed by atoms with Crippen LogP contribution in [0.5, 0.6) is 5.75 Å². The number of amides is 1. The fraction of sp³-hybridized carbons (Fsp3) is 0.409. The molecule has 2 aromatic carbocycles. The van der Waals surface area contributed by atoms with Crippen molar-refractivity contribution < 1.29 is 17.9 Å². The number of carbonyl (C=O) groups is 1. The third-order valence-electron chi connectivity index (χ3n) is 5.25. The minimum Gasteiger partial charge on any atom is -0.484 e. The maximum Gasteiger partial charge on any atom is 0.255 e. The van der Waals surface area contributed by atoms with E-state index in [1.165, 1.54) is 37.1 Å². The van der Waals surface area contributed by atoms with Crippen LogP contribution in [0.2, 0.25) is 0 Å². The Bertz CT molecular complexity index is 909. The summed E-state index contributed by atoms with van der Waals surface area (Å²) >= 11 is 0.